The summed E-state index contributed by atoms with van der Waals surface area (Å²) in [6.07, 6.45) is 0. The molecule has 3 nitrogen and oxygen atoms in total. The van der Waals surface area contributed by atoms with Gasteiger partial charge in [-0.3, -0.25) is 9.13 Å². The minimum Gasteiger partial charge on any atom is -0.309 e. The van der Waals surface area contributed by atoms with Gasteiger partial charge in [0.15, 0.2) is 0 Å². The van der Waals surface area contributed by atoms with Gasteiger partial charge in [-0.1, -0.05) is 115 Å². The molecule has 0 bridgehead atoms. The van der Waals surface area contributed by atoms with Crippen LogP contribution in [0.1, 0.15) is 0 Å². The first-order chi connectivity index (χ1) is 22.4. The second-order valence-corrected chi connectivity index (χ2v) is 11.8. The van der Waals surface area contributed by atoms with Crippen molar-refractivity contribution in [3.8, 4) is 17.1 Å². The molecule has 0 spiro atoms. The zero-order valence-electron chi connectivity index (χ0n) is 24.4. The van der Waals surface area contributed by atoms with Gasteiger partial charge < -0.3 is 4.57 Å². The van der Waals surface area contributed by atoms with Gasteiger partial charge in [-0.2, -0.15) is 0 Å². The SMILES string of the molecule is c1cc(-n2c3ccccc3c3ccccc32)cc(-n2c3ccccc3c3c4ccccc4n(-c4cccc5ccccc45)c32)c1. The molecule has 10 aromatic rings. The van der Waals surface area contributed by atoms with Crippen LogP contribution in [-0.4, -0.2) is 13.7 Å². The molecule has 0 unspecified atom stereocenters. The van der Waals surface area contributed by atoms with Crippen LogP contribution in [0.25, 0.3) is 82.5 Å². The molecule has 0 aliphatic carbocycles. The van der Waals surface area contributed by atoms with Crippen molar-refractivity contribution in [1.82, 2.24) is 13.7 Å². The van der Waals surface area contributed by atoms with Crippen molar-refractivity contribution < 1.29 is 0 Å². The Balaban J connectivity index is 1.35. The Bertz CT molecular complexity index is 2710. The smallest absolute Gasteiger partial charge is 0.131 e. The predicted molar refractivity (Wildman–Crippen MR) is 189 cm³/mol. The van der Waals surface area contributed by atoms with E-state index >= 15 is 0 Å². The van der Waals surface area contributed by atoms with Crippen LogP contribution in [0.15, 0.2) is 164 Å². The summed E-state index contributed by atoms with van der Waals surface area (Å²) in [7, 11) is 0. The van der Waals surface area contributed by atoms with Crippen molar-refractivity contribution in [2.24, 2.45) is 0 Å². The maximum Gasteiger partial charge on any atom is 0.131 e. The van der Waals surface area contributed by atoms with Gasteiger partial charge in [-0.15, -0.1) is 0 Å². The van der Waals surface area contributed by atoms with Gasteiger partial charge >= 0.3 is 0 Å². The summed E-state index contributed by atoms with van der Waals surface area (Å²) in [6, 6.07) is 59.4. The third-order valence-corrected chi connectivity index (χ3v) is 9.41. The van der Waals surface area contributed by atoms with Gasteiger partial charge in [0.2, 0.25) is 0 Å². The lowest BCUT2D eigenvalue weighted by Crippen LogP contribution is -2.03. The van der Waals surface area contributed by atoms with Gasteiger partial charge in [0.25, 0.3) is 0 Å². The maximum atomic E-state index is 2.47. The van der Waals surface area contributed by atoms with Crippen molar-refractivity contribution >= 4 is 65.4 Å². The Kier molecular flexibility index (Phi) is 5.00. The number of hydrogen-bond acceptors (Lipinski definition) is 0. The van der Waals surface area contributed by atoms with E-state index in [2.05, 4.69) is 177 Å². The van der Waals surface area contributed by atoms with Crippen LogP contribution in [0.3, 0.4) is 0 Å². The van der Waals surface area contributed by atoms with E-state index in [9.17, 15) is 0 Å². The summed E-state index contributed by atoms with van der Waals surface area (Å²) < 4.78 is 7.33. The van der Waals surface area contributed by atoms with E-state index in [4.69, 9.17) is 0 Å². The minimum atomic E-state index is 1.13. The predicted octanol–water partition coefficient (Wildman–Crippen LogP) is 11.0. The average Bonchev–Trinajstić information content (AvgIpc) is 3.74. The molecule has 3 heteroatoms. The Labute approximate surface area is 259 Å². The van der Waals surface area contributed by atoms with Crippen molar-refractivity contribution in [2.45, 2.75) is 0 Å². The minimum absolute atomic E-state index is 1.13. The molecule has 0 saturated carbocycles. The zero-order chi connectivity index (χ0) is 29.5. The molecule has 0 saturated heterocycles. The summed E-state index contributed by atoms with van der Waals surface area (Å²) >= 11 is 0. The van der Waals surface area contributed by atoms with Crippen molar-refractivity contribution in [3.63, 3.8) is 0 Å². The lowest BCUT2D eigenvalue weighted by atomic mass is 10.1. The molecule has 210 valence electrons. The van der Waals surface area contributed by atoms with Gasteiger partial charge in [0.1, 0.15) is 5.65 Å². The van der Waals surface area contributed by atoms with Gasteiger partial charge in [0.05, 0.1) is 27.8 Å². The molecule has 45 heavy (non-hydrogen) atoms. The van der Waals surface area contributed by atoms with Crippen molar-refractivity contribution in [3.05, 3.63) is 164 Å². The maximum absolute atomic E-state index is 2.47. The highest BCUT2D eigenvalue weighted by Gasteiger charge is 2.23. The third kappa shape index (κ3) is 3.35. The highest BCUT2D eigenvalue weighted by molar-refractivity contribution is 6.23. The second-order valence-electron chi connectivity index (χ2n) is 11.8. The lowest BCUT2D eigenvalue weighted by Gasteiger charge is -2.16. The number of hydrogen-bond donors (Lipinski definition) is 0. The number of nitrogens with zero attached hydrogens (tertiary/aromatic N) is 3. The van der Waals surface area contributed by atoms with E-state index in [1.54, 1.807) is 0 Å². The fraction of sp³-hybridized carbons (Fsp3) is 0. The van der Waals surface area contributed by atoms with Crippen LogP contribution >= 0.6 is 0 Å². The molecule has 10 rings (SSSR count). The Morgan fingerprint density at radius 2 is 0.756 bits per heavy atom. The molecule has 0 fully saturated rings. The van der Waals surface area contributed by atoms with E-state index < -0.39 is 0 Å². The second kappa shape index (κ2) is 9.22. The normalized spacial score (nSPS) is 12.0. The summed E-state index contributed by atoms with van der Waals surface area (Å²) in [4.78, 5) is 0. The van der Waals surface area contributed by atoms with Crippen LogP contribution in [-0.2, 0) is 0 Å². The van der Waals surface area contributed by atoms with Crippen molar-refractivity contribution in [2.75, 3.05) is 0 Å². The molecule has 0 radical (unpaired) electrons. The fourth-order valence-corrected chi connectivity index (χ4v) is 7.58. The van der Waals surface area contributed by atoms with Crippen LogP contribution < -0.4 is 0 Å². The highest BCUT2D eigenvalue weighted by atomic mass is 15.1. The summed E-state index contributed by atoms with van der Waals surface area (Å²) in [5.74, 6) is 0. The van der Waals surface area contributed by atoms with E-state index in [0.717, 1.165) is 11.4 Å². The molecule has 0 atom stereocenters. The molecule has 0 aliphatic rings. The molecule has 0 aliphatic heterocycles. The Morgan fingerprint density at radius 1 is 0.311 bits per heavy atom. The van der Waals surface area contributed by atoms with Crippen LogP contribution in [0.4, 0.5) is 0 Å². The largest absolute Gasteiger partial charge is 0.309 e. The number of para-hydroxylation sites is 4. The standard InChI is InChI=1S/C42H27N3/c1-2-17-31-28(13-1)14-11-26-36(31)45-40-25-10-6-21-35(40)41-34-20-5-9-24-39(34)44(42(41)45)30-16-12-15-29(27-30)43-37-22-7-3-18-32(37)33-19-4-8-23-38(33)43/h1-27H. The molecular weight excluding hydrogens is 546 g/mol. The third-order valence-electron chi connectivity index (χ3n) is 9.41. The lowest BCUT2D eigenvalue weighted by molar-refractivity contribution is 1.07. The zero-order valence-corrected chi connectivity index (χ0v) is 24.4. The molecule has 0 N–H and O–H groups in total. The quantitative estimate of drug-likeness (QED) is 0.200. The number of benzene rings is 7. The number of fused-ring (bicyclic) bond motifs is 9. The highest BCUT2D eigenvalue weighted by Crippen LogP contribution is 2.42. The van der Waals surface area contributed by atoms with Crippen molar-refractivity contribution in [1.29, 1.82) is 0 Å². The number of aromatic nitrogens is 3. The summed E-state index contributed by atoms with van der Waals surface area (Å²) in [5, 5.41) is 8.79. The first-order valence-corrected chi connectivity index (χ1v) is 15.5. The molecule has 3 heterocycles. The first kappa shape index (κ1) is 24.4. The summed E-state index contributed by atoms with van der Waals surface area (Å²) in [6.45, 7) is 0. The average molecular weight is 574 g/mol. The van der Waals surface area contributed by atoms with Crippen LogP contribution in [0.5, 0.6) is 0 Å². The van der Waals surface area contributed by atoms with Gasteiger partial charge in [-0.05, 0) is 53.9 Å². The van der Waals surface area contributed by atoms with E-state index in [-0.39, 0.29) is 0 Å². The number of rotatable bonds is 3. The van der Waals surface area contributed by atoms with Gasteiger partial charge in [-0.25, -0.2) is 0 Å². The fourth-order valence-electron chi connectivity index (χ4n) is 7.58. The van der Waals surface area contributed by atoms with E-state index in [1.165, 1.54) is 71.1 Å². The molecule has 7 aromatic carbocycles. The van der Waals surface area contributed by atoms with Gasteiger partial charge in [0, 0.05) is 43.7 Å². The van der Waals surface area contributed by atoms with E-state index in [1.807, 2.05) is 0 Å². The Morgan fingerprint density at radius 3 is 1.40 bits per heavy atom. The monoisotopic (exact) mass is 573 g/mol. The summed E-state index contributed by atoms with van der Waals surface area (Å²) in [5.41, 5.74) is 9.45. The topological polar surface area (TPSA) is 14.8 Å². The first-order valence-electron chi connectivity index (χ1n) is 15.5. The van der Waals surface area contributed by atoms with E-state index in [0.29, 0.717) is 0 Å². The van der Waals surface area contributed by atoms with Crippen LogP contribution in [0, 0.1) is 0 Å². The van der Waals surface area contributed by atoms with Crippen LogP contribution in [0.2, 0.25) is 0 Å². The molecular formula is C42H27N3. The molecule has 0 amide bonds. The Hall–Kier alpha value is -6.06. The molecule has 3 aromatic heterocycles.